The molecule has 1 amide bonds. The zero-order valence-corrected chi connectivity index (χ0v) is 9.29. The van der Waals surface area contributed by atoms with Crippen LogP contribution >= 0.6 is 0 Å². The molecule has 0 aromatic heterocycles. The van der Waals surface area contributed by atoms with E-state index in [1.807, 2.05) is 38.1 Å². The lowest BCUT2D eigenvalue weighted by Gasteiger charge is -2.11. The first-order chi connectivity index (χ1) is 7.15. The molecule has 0 unspecified atom stereocenters. The zero-order valence-electron chi connectivity index (χ0n) is 9.29. The SMILES string of the molecule is CC(C)NC(=O)c1ccccc1CCN. The van der Waals surface area contributed by atoms with E-state index in [4.69, 9.17) is 5.73 Å². The second kappa shape index (κ2) is 5.51. The van der Waals surface area contributed by atoms with E-state index in [9.17, 15) is 4.79 Å². The maximum Gasteiger partial charge on any atom is 0.251 e. The highest BCUT2D eigenvalue weighted by Gasteiger charge is 2.10. The molecule has 1 rings (SSSR count). The van der Waals surface area contributed by atoms with Crippen LogP contribution in [0.5, 0.6) is 0 Å². The Morgan fingerprint density at radius 3 is 2.67 bits per heavy atom. The van der Waals surface area contributed by atoms with Crippen LogP contribution < -0.4 is 11.1 Å². The van der Waals surface area contributed by atoms with Crippen molar-refractivity contribution < 1.29 is 4.79 Å². The molecule has 0 heterocycles. The van der Waals surface area contributed by atoms with Gasteiger partial charge in [-0.05, 0) is 38.4 Å². The van der Waals surface area contributed by atoms with Crippen molar-refractivity contribution >= 4 is 5.91 Å². The van der Waals surface area contributed by atoms with Gasteiger partial charge in [-0.25, -0.2) is 0 Å². The molecule has 0 saturated heterocycles. The van der Waals surface area contributed by atoms with E-state index < -0.39 is 0 Å². The van der Waals surface area contributed by atoms with Crippen LogP contribution in [-0.2, 0) is 6.42 Å². The molecule has 0 aliphatic heterocycles. The van der Waals surface area contributed by atoms with Gasteiger partial charge in [0.2, 0.25) is 0 Å². The summed E-state index contributed by atoms with van der Waals surface area (Å²) in [6, 6.07) is 7.74. The number of hydrogen-bond acceptors (Lipinski definition) is 2. The van der Waals surface area contributed by atoms with Gasteiger partial charge in [-0.3, -0.25) is 4.79 Å². The molecule has 3 heteroatoms. The van der Waals surface area contributed by atoms with E-state index in [1.165, 1.54) is 0 Å². The molecule has 0 fully saturated rings. The minimum absolute atomic E-state index is 0.0194. The first-order valence-corrected chi connectivity index (χ1v) is 5.24. The maximum absolute atomic E-state index is 11.8. The largest absolute Gasteiger partial charge is 0.350 e. The average Bonchev–Trinajstić information content (AvgIpc) is 2.18. The number of carbonyl (C=O) groups is 1. The summed E-state index contributed by atoms with van der Waals surface area (Å²) in [4.78, 5) is 11.8. The van der Waals surface area contributed by atoms with Crippen LogP contribution in [0.4, 0.5) is 0 Å². The van der Waals surface area contributed by atoms with E-state index in [-0.39, 0.29) is 11.9 Å². The molecule has 0 saturated carbocycles. The van der Waals surface area contributed by atoms with Crippen molar-refractivity contribution in [3.05, 3.63) is 35.4 Å². The van der Waals surface area contributed by atoms with E-state index in [1.54, 1.807) is 0 Å². The molecule has 0 aliphatic rings. The zero-order chi connectivity index (χ0) is 11.3. The number of amides is 1. The van der Waals surface area contributed by atoms with Crippen molar-refractivity contribution in [1.29, 1.82) is 0 Å². The Hall–Kier alpha value is -1.35. The maximum atomic E-state index is 11.8. The van der Waals surface area contributed by atoms with Gasteiger partial charge in [-0.2, -0.15) is 0 Å². The van der Waals surface area contributed by atoms with Gasteiger partial charge >= 0.3 is 0 Å². The van der Waals surface area contributed by atoms with Crippen LogP contribution in [-0.4, -0.2) is 18.5 Å². The molecule has 1 aromatic carbocycles. The lowest BCUT2D eigenvalue weighted by Crippen LogP contribution is -2.31. The summed E-state index contributed by atoms with van der Waals surface area (Å²) in [6.45, 7) is 4.46. The Bertz CT molecular complexity index is 334. The fourth-order valence-electron chi connectivity index (χ4n) is 1.46. The van der Waals surface area contributed by atoms with Gasteiger partial charge in [0.15, 0.2) is 0 Å². The summed E-state index contributed by atoms with van der Waals surface area (Å²) < 4.78 is 0. The standard InChI is InChI=1S/C12H18N2O/c1-9(2)14-12(15)11-6-4-3-5-10(11)7-8-13/h3-6,9H,7-8,13H2,1-2H3,(H,14,15). The third kappa shape index (κ3) is 3.36. The average molecular weight is 206 g/mol. The van der Waals surface area contributed by atoms with Crippen molar-refractivity contribution in [2.75, 3.05) is 6.54 Å². The molecule has 0 spiro atoms. The predicted molar refractivity (Wildman–Crippen MR) is 61.8 cm³/mol. The molecule has 0 aliphatic carbocycles. The van der Waals surface area contributed by atoms with Gasteiger partial charge in [-0.1, -0.05) is 18.2 Å². The Balaban J connectivity index is 2.87. The minimum Gasteiger partial charge on any atom is -0.350 e. The monoisotopic (exact) mass is 206 g/mol. The molecule has 1 aromatic rings. The molecule has 3 nitrogen and oxygen atoms in total. The van der Waals surface area contributed by atoms with E-state index in [0.717, 1.165) is 17.5 Å². The highest BCUT2D eigenvalue weighted by molar-refractivity contribution is 5.95. The molecular weight excluding hydrogens is 188 g/mol. The third-order valence-corrected chi connectivity index (χ3v) is 2.10. The number of carbonyl (C=O) groups excluding carboxylic acids is 1. The number of nitrogens with one attached hydrogen (secondary N) is 1. The first-order valence-electron chi connectivity index (χ1n) is 5.24. The summed E-state index contributed by atoms with van der Waals surface area (Å²) in [5.74, 6) is -0.0194. The second-order valence-corrected chi connectivity index (χ2v) is 3.82. The highest BCUT2D eigenvalue weighted by Crippen LogP contribution is 2.09. The Labute approximate surface area is 90.7 Å². The molecular formula is C12H18N2O. The number of benzene rings is 1. The van der Waals surface area contributed by atoms with Crippen molar-refractivity contribution in [1.82, 2.24) is 5.32 Å². The number of hydrogen-bond donors (Lipinski definition) is 2. The first kappa shape index (κ1) is 11.7. The summed E-state index contributed by atoms with van der Waals surface area (Å²) in [6.07, 6.45) is 0.738. The molecule has 3 N–H and O–H groups in total. The van der Waals surface area contributed by atoms with Gasteiger partial charge in [0, 0.05) is 11.6 Å². The summed E-state index contributed by atoms with van der Waals surface area (Å²) in [5, 5.41) is 2.88. The van der Waals surface area contributed by atoms with E-state index in [0.29, 0.717) is 6.54 Å². The second-order valence-electron chi connectivity index (χ2n) is 3.82. The summed E-state index contributed by atoms with van der Waals surface area (Å²) >= 11 is 0. The van der Waals surface area contributed by atoms with E-state index in [2.05, 4.69) is 5.32 Å². The van der Waals surface area contributed by atoms with Crippen LogP contribution in [0, 0.1) is 0 Å². The van der Waals surface area contributed by atoms with Crippen LogP contribution in [0.2, 0.25) is 0 Å². The quantitative estimate of drug-likeness (QED) is 0.780. The van der Waals surface area contributed by atoms with Gasteiger partial charge < -0.3 is 11.1 Å². The minimum atomic E-state index is -0.0194. The van der Waals surface area contributed by atoms with Crippen LogP contribution in [0.1, 0.15) is 29.8 Å². The predicted octanol–water partition coefficient (Wildman–Crippen LogP) is 1.33. The number of rotatable bonds is 4. The van der Waals surface area contributed by atoms with Gasteiger partial charge in [-0.15, -0.1) is 0 Å². The fourth-order valence-corrected chi connectivity index (χ4v) is 1.46. The summed E-state index contributed by atoms with van der Waals surface area (Å²) in [5.41, 5.74) is 7.24. The molecule has 0 radical (unpaired) electrons. The lowest BCUT2D eigenvalue weighted by molar-refractivity contribution is 0.0942. The van der Waals surface area contributed by atoms with E-state index >= 15 is 0 Å². The Kier molecular flexibility index (Phi) is 4.31. The molecule has 0 bridgehead atoms. The molecule has 82 valence electrons. The van der Waals surface area contributed by atoms with Crippen molar-refractivity contribution in [2.24, 2.45) is 5.73 Å². The molecule has 0 atom stereocenters. The van der Waals surface area contributed by atoms with Gasteiger partial charge in [0.1, 0.15) is 0 Å². The van der Waals surface area contributed by atoms with Crippen molar-refractivity contribution in [3.63, 3.8) is 0 Å². The summed E-state index contributed by atoms with van der Waals surface area (Å²) in [7, 11) is 0. The van der Waals surface area contributed by atoms with Gasteiger partial charge in [0.25, 0.3) is 5.91 Å². The number of nitrogens with two attached hydrogens (primary N) is 1. The highest BCUT2D eigenvalue weighted by atomic mass is 16.1. The van der Waals surface area contributed by atoms with Crippen LogP contribution in [0.25, 0.3) is 0 Å². The topological polar surface area (TPSA) is 55.1 Å². The third-order valence-electron chi connectivity index (χ3n) is 2.10. The van der Waals surface area contributed by atoms with Crippen molar-refractivity contribution in [2.45, 2.75) is 26.3 Å². The Morgan fingerprint density at radius 2 is 2.07 bits per heavy atom. The van der Waals surface area contributed by atoms with Crippen LogP contribution in [0.15, 0.2) is 24.3 Å². The van der Waals surface area contributed by atoms with Crippen molar-refractivity contribution in [3.8, 4) is 0 Å². The molecule has 15 heavy (non-hydrogen) atoms. The fraction of sp³-hybridized carbons (Fsp3) is 0.417. The smallest absolute Gasteiger partial charge is 0.251 e. The van der Waals surface area contributed by atoms with Crippen LogP contribution in [0.3, 0.4) is 0 Å². The normalized spacial score (nSPS) is 10.4. The Morgan fingerprint density at radius 1 is 1.40 bits per heavy atom. The lowest BCUT2D eigenvalue weighted by atomic mass is 10.0. The van der Waals surface area contributed by atoms with Gasteiger partial charge in [0.05, 0.1) is 0 Å².